The quantitative estimate of drug-likeness (QED) is 0.792. The van der Waals surface area contributed by atoms with Gasteiger partial charge in [-0.1, -0.05) is 18.2 Å². The first-order chi connectivity index (χ1) is 9.70. The Kier molecular flexibility index (Phi) is 3.24. The van der Waals surface area contributed by atoms with Crippen LogP contribution in [0.4, 0.5) is 0 Å². The van der Waals surface area contributed by atoms with Crippen molar-refractivity contribution in [2.24, 2.45) is 7.05 Å². The van der Waals surface area contributed by atoms with Crippen LogP contribution >= 0.6 is 0 Å². The van der Waals surface area contributed by atoms with Gasteiger partial charge in [-0.25, -0.2) is 0 Å². The van der Waals surface area contributed by atoms with Crippen molar-refractivity contribution in [3.63, 3.8) is 0 Å². The van der Waals surface area contributed by atoms with Gasteiger partial charge < -0.3 is 5.32 Å². The molecule has 1 unspecified atom stereocenters. The Bertz CT molecular complexity index is 745. The highest BCUT2D eigenvalue weighted by atomic mass is 15.3. The highest BCUT2D eigenvalue weighted by molar-refractivity contribution is 5.82. The number of pyridine rings is 1. The fraction of sp³-hybridized carbons (Fsp3) is 0.250. The van der Waals surface area contributed by atoms with Gasteiger partial charge in [0.2, 0.25) is 0 Å². The fourth-order valence-electron chi connectivity index (χ4n) is 2.64. The molecule has 1 aromatic carbocycles. The Labute approximate surface area is 118 Å². The number of nitrogens with zero attached hydrogens (tertiary/aromatic N) is 3. The Balaban J connectivity index is 2.15. The minimum atomic E-state index is 0.0470. The first kappa shape index (κ1) is 12.8. The molecule has 0 saturated carbocycles. The van der Waals surface area contributed by atoms with Crippen molar-refractivity contribution in [1.29, 1.82) is 0 Å². The molecule has 2 aromatic heterocycles. The van der Waals surface area contributed by atoms with Crippen LogP contribution in [0.25, 0.3) is 10.9 Å². The zero-order chi connectivity index (χ0) is 14.1. The molecule has 0 amide bonds. The van der Waals surface area contributed by atoms with Crippen molar-refractivity contribution >= 4 is 10.9 Å². The monoisotopic (exact) mass is 266 g/mol. The molecule has 2 heterocycles. The third-order valence-electron chi connectivity index (χ3n) is 3.68. The van der Waals surface area contributed by atoms with Gasteiger partial charge >= 0.3 is 0 Å². The van der Waals surface area contributed by atoms with Gasteiger partial charge in [0.05, 0.1) is 22.9 Å². The maximum atomic E-state index is 4.80. The fourth-order valence-corrected chi connectivity index (χ4v) is 2.64. The first-order valence-corrected chi connectivity index (χ1v) is 6.72. The van der Waals surface area contributed by atoms with Crippen molar-refractivity contribution in [1.82, 2.24) is 20.1 Å². The summed E-state index contributed by atoms with van der Waals surface area (Å²) >= 11 is 0. The molecule has 0 aliphatic rings. The van der Waals surface area contributed by atoms with E-state index in [9.17, 15) is 0 Å². The second kappa shape index (κ2) is 5.06. The van der Waals surface area contributed by atoms with Crippen molar-refractivity contribution < 1.29 is 0 Å². The van der Waals surface area contributed by atoms with Crippen molar-refractivity contribution in [3.05, 3.63) is 59.5 Å². The van der Waals surface area contributed by atoms with E-state index in [-0.39, 0.29) is 6.04 Å². The third-order valence-corrected chi connectivity index (χ3v) is 3.68. The summed E-state index contributed by atoms with van der Waals surface area (Å²) in [5.74, 6) is 0. The highest BCUT2D eigenvalue weighted by Gasteiger charge is 2.17. The maximum Gasteiger partial charge on any atom is 0.0919 e. The van der Waals surface area contributed by atoms with Gasteiger partial charge in [0.15, 0.2) is 0 Å². The molecule has 0 saturated heterocycles. The lowest BCUT2D eigenvalue weighted by Gasteiger charge is -2.17. The Morgan fingerprint density at radius 3 is 2.70 bits per heavy atom. The largest absolute Gasteiger partial charge is 0.307 e. The predicted octanol–water partition coefficient (Wildman–Crippen LogP) is 2.59. The summed E-state index contributed by atoms with van der Waals surface area (Å²) in [6.45, 7) is 2.13. The number of benzene rings is 1. The van der Waals surface area contributed by atoms with E-state index in [0.29, 0.717) is 0 Å². The number of aromatic nitrogens is 3. The maximum absolute atomic E-state index is 4.80. The van der Waals surface area contributed by atoms with E-state index in [0.717, 1.165) is 16.9 Å². The zero-order valence-electron chi connectivity index (χ0n) is 12.0. The molecule has 1 atom stereocenters. The lowest BCUT2D eigenvalue weighted by atomic mass is 10.0. The molecule has 0 bridgehead atoms. The molecule has 0 aliphatic carbocycles. The van der Waals surface area contributed by atoms with Crippen LogP contribution in [0.15, 0.2) is 42.6 Å². The smallest absolute Gasteiger partial charge is 0.0919 e. The average Bonchev–Trinajstić information content (AvgIpc) is 2.86. The minimum absolute atomic E-state index is 0.0470. The van der Waals surface area contributed by atoms with E-state index < -0.39 is 0 Å². The Morgan fingerprint density at radius 1 is 1.20 bits per heavy atom. The van der Waals surface area contributed by atoms with E-state index in [1.54, 1.807) is 0 Å². The van der Waals surface area contributed by atoms with Gasteiger partial charge in [-0.3, -0.25) is 9.67 Å². The highest BCUT2D eigenvalue weighted by Crippen LogP contribution is 2.24. The van der Waals surface area contributed by atoms with E-state index in [4.69, 9.17) is 4.98 Å². The van der Waals surface area contributed by atoms with Crippen LogP contribution in [-0.2, 0) is 7.05 Å². The summed E-state index contributed by atoms with van der Waals surface area (Å²) in [6.07, 6.45) is 1.81. The number of aryl methyl sites for hydroxylation is 2. The predicted molar refractivity (Wildman–Crippen MR) is 80.6 cm³/mol. The summed E-state index contributed by atoms with van der Waals surface area (Å²) in [5, 5.41) is 8.78. The summed E-state index contributed by atoms with van der Waals surface area (Å²) in [6, 6.07) is 12.5. The lowest BCUT2D eigenvalue weighted by molar-refractivity contribution is 0.595. The number of hydrogen-bond donors (Lipinski definition) is 1. The summed E-state index contributed by atoms with van der Waals surface area (Å²) < 4.78 is 1.88. The standard InChI is InChI=1S/C16H18N4/c1-11-10-14(19-13-7-5-4-6-12(11)13)16(17-2)15-8-9-18-20(15)3/h4-10,16-17H,1-3H3. The van der Waals surface area contributed by atoms with Crippen LogP contribution < -0.4 is 5.32 Å². The van der Waals surface area contributed by atoms with Gasteiger partial charge in [-0.05, 0) is 37.7 Å². The topological polar surface area (TPSA) is 42.7 Å². The van der Waals surface area contributed by atoms with E-state index >= 15 is 0 Å². The van der Waals surface area contributed by atoms with Gasteiger partial charge in [-0.15, -0.1) is 0 Å². The van der Waals surface area contributed by atoms with Crippen molar-refractivity contribution in [2.45, 2.75) is 13.0 Å². The average molecular weight is 266 g/mol. The molecule has 20 heavy (non-hydrogen) atoms. The summed E-state index contributed by atoms with van der Waals surface area (Å²) in [5.41, 5.74) is 4.40. The third kappa shape index (κ3) is 2.08. The molecule has 4 nitrogen and oxygen atoms in total. The molecule has 102 valence electrons. The lowest BCUT2D eigenvalue weighted by Crippen LogP contribution is -2.21. The van der Waals surface area contributed by atoms with Crippen LogP contribution in [0, 0.1) is 6.92 Å². The number of para-hydroxylation sites is 1. The van der Waals surface area contributed by atoms with Gasteiger partial charge in [0.25, 0.3) is 0 Å². The van der Waals surface area contributed by atoms with Crippen LogP contribution in [0.3, 0.4) is 0 Å². The molecule has 0 radical (unpaired) electrons. The zero-order valence-corrected chi connectivity index (χ0v) is 12.0. The molecule has 0 spiro atoms. The molecule has 0 fully saturated rings. The normalized spacial score (nSPS) is 12.8. The van der Waals surface area contributed by atoms with Crippen molar-refractivity contribution in [2.75, 3.05) is 7.05 Å². The number of rotatable bonds is 3. The van der Waals surface area contributed by atoms with Gasteiger partial charge in [-0.2, -0.15) is 5.10 Å². The molecule has 3 rings (SSSR count). The number of fused-ring (bicyclic) bond motifs is 1. The first-order valence-electron chi connectivity index (χ1n) is 6.72. The molecule has 1 N–H and O–H groups in total. The molecule has 0 aliphatic heterocycles. The summed E-state index contributed by atoms with van der Waals surface area (Å²) in [4.78, 5) is 4.80. The van der Waals surface area contributed by atoms with Gasteiger partial charge in [0.1, 0.15) is 0 Å². The second-order valence-corrected chi connectivity index (χ2v) is 4.98. The van der Waals surface area contributed by atoms with E-state index in [1.165, 1.54) is 10.9 Å². The van der Waals surface area contributed by atoms with Gasteiger partial charge in [0, 0.05) is 18.6 Å². The van der Waals surface area contributed by atoms with E-state index in [2.05, 4.69) is 35.5 Å². The number of nitrogens with one attached hydrogen (secondary N) is 1. The van der Waals surface area contributed by atoms with Crippen LogP contribution in [-0.4, -0.2) is 21.8 Å². The Hall–Kier alpha value is -2.20. The molecular formula is C16H18N4. The summed E-state index contributed by atoms with van der Waals surface area (Å²) in [7, 11) is 3.90. The second-order valence-electron chi connectivity index (χ2n) is 4.98. The van der Waals surface area contributed by atoms with Crippen LogP contribution in [0.2, 0.25) is 0 Å². The van der Waals surface area contributed by atoms with Crippen molar-refractivity contribution in [3.8, 4) is 0 Å². The molecule has 4 heteroatoms. The molecule has 3 aromatic rings. The SMILES string of the molecule is CNC(c1cc(C)c2ccccc2n1)c1ccnn1C. The minimum Gasteiger partial charge on any atom is -0.307 e. The Morgan fingerprint density at radius 2 is 2.00 bits per heavy atom. The molecular weight excluding hydrogens is 248 g/mol. The van der Waals surface area contributed by atoms with Crippen LogP contribution in [0.1, 0.15) is 23.0 Å². The van der Waals surface area contributed by atoms with E-state index in [1.807, 2.05) is 43.2 Å². The number of hydrogen-bond acceptors (Lipinski definition) is 3. The van der Waals surface area contributed by atoms with Crippen LogP contribution in [0.5, 0.6) is 0 Å².